The quantitative estimate of drug-likeness (QED) is 0.832. The van der Waals surface area contributed by atoms with Gasteiger partial charge in [0.2, 0.25) is 0 Å². The Balaban J connectivity index is 1.70. The van der Waals surface area contributed by atoms with E-state index in [1.54, 1.807) is 31.2 Å². The third kappa shape index (κ3) is 4.02. The first-order valence-electron chi connectivity index (χ1n) is 9.36. The van der Waals surface area contributed by atoms with Crippen LogP contribution in [0.3, 0.4) is 0 Å². The number of hydrogen-bond donors (Lipinski definition) is 1. The van der Waals surface area contributed by atoms with Crippen molar-refractivity contribution >= 4 is 22.6 Å². The molecule has 1 saturated heterocycles. The molecule has 0 unspecified atom stereocenters. The number of piperidine rings is 1. The highest BCUT2D eigenvalue weighted by molar-refractivity contribution is 5.88. The summed E-state index contributed by atoms with van der Waals surface area (Å²) in [6, 6.07) is 7.24. The van der Waals surface area contributed by atoms with Gasteiger partial charge in [-0.25, -0.2) is 5.10 Å². The molecule has 27 heavy (non-hydrogen) atoms. The molecule has 0 aliphatic carbocycles. The van der Waals surface area contributed by atoms with Crippen molar-refractivity contribution in [3.05, 3.63) is 40.3 Å². The molecule has 1 aliphatic heterocycles. The predicted molar refractivity (Wildman–Crippen MR) is 101 cm³/mol. The molecule has 1 N–H and O–H groups in total. The number of nitrogens with zero attached hydrogens (tertiary/aromatic N) is 2. The van der Waals surface area contributed by atoms with Crippen LogP contribution in [0.25, 0.3) is 10.8 Å². The van der Waals surface area contributed by atoms with Crippen LogP contribution in [0.5, 0.6) is 0 Å². The van der Waals surface area contributed by atoms with Gasteiger partial charge in [-0.1, -0.05) is 18.2 Å². The second-order valence-corrected chi connectivity index (χ2v) is 7.23. The number of carbonyl (C=O) groups is 2. The molecule has 2 heterocycles. The molecule has 144 valence electrons. The number of likely N-dealkylation sites (tertiary alicyclic amines) is 1. The van der Waals surface area contributed by atoms with Gasteiger partial charge in [-0.15, -0.1) is 0 Å². The van der Waals surface area contributed by atoms with Gasteiger partial charge < -0.3 is 9.64 Å². The molecule has 0 spiro atoms. The van der Waals surface area contributed by atoms with Crippen molar-refractivity contribution in [2.75, 3.05) is 0 Å². The molecule has 0 bridgehead atoms. The van der Waals surface area contributed by atoms with Crippen LogP contribution in [0.15, 0.2) is 29.1 Å². The number of ether oxygens (including phenoxy) is 1. The Morgan fingerprint density at radius 1 is 1.22 bits per heavy atom. The topological polar surface area (TPSA) is 92.4 Å². The van der Waals surface area contributed by atoms with Crippen LogP contribution < -0.4 is 5.56 Å². The van der Waals surface area contributed by atoms with Gasteiger partial charge in [0, 0.05) is 17.5 Å². The van der Waals surface area contributed by atoms with E-state index in [0.717, 1.165) is 19.3 Å². The fraction of sp³-hybridized carbons (Fsp3) is 0.500. The van der Waals surface area contributed by atoms with Crippen LogP contribution in [0, 0.1) is 0 Å². The summed E-state index contributed by atoms with van der Waals surface area (Å²) < 4.78 is 5.38. The first-order valence-corrected chi connectivity index (χ1v) is 9.36. The number of esters is 1. The highest BCUT2D eigenvalue weighted by Gasteiger charge is 2.33. The number of hydrogen-bond acceptors (Lipinski definition) is 5. The molecule has 7 heteroatoms. The third-order valence-electron chi connectivity index (χ3n) is 5.19. The number of aromatic nitrogens is 2. The van der Waals surface area contributed by atoms with Gasteiger partial charge in [0.25, 0.3) is 11.5 Å². The first-order chi connectivity index (χ1) is 12.9. The Morgan fingerprint density at radius 2 is 1.85 bits per heavy atom. The van der Waals surface area contributed by atoms with Crippen molar-refractivity contribution in [1.82, 2.24) is 15.1 Å². The number of fused-ring (bicyclic) bond motifs is 1. The lowest BCUT2D eigenvalue weighted by molar-refractivity contribution is -0.161. The molecule has 1 aromatic carbocycles. The number of nitrogens with one attached hydrogen (secondary N) is 1. The molecule has 0 saturated carbocycles. The van der Waals surface area contributed by atoms with Gasteiger partial charge in [-0.05, 0) is 46.1 Å². The molecule has 1 fully saturated rings. The summed E-state index contributed by atoms with van der Waals surface area (Å²) in [5, 5.41) is 7.45. The number of carbonyl (C=O) groups excluding carboxylic acids is 2. The van der Waals surface area contributed by atoms with E-state index in [9.17, 15) is 14.4 Å². The van der Waals surface area contributed by atoms with Crippen LogP contribution in [0.2, 0.25) is 0 Å². The molecule has 3 atom stereocenters. The molecule has 1 aliphatic rings. The molecule has 3 rings (SSSR count). The Bertz CT molecular complexity index is 897. The normalized spacial score (nSPS) is 21.1. The van der Waals surface area contributed by atoms with Gasteiger partial charge in [0.1, 0.15) is 0 Å². The largest absolute Gasteiger partial charge is 0.452 e. The van der Waals surface area contributed by atoms with Gasteiger partial charge in [-0.2, -0.15) is 5.10 Å². The molecule has 2 aromatic rings. The predicted octanol–water partition coefficient (Wildman–Crippen LogP) is 2.19. The van der Waals surface area contributed by atoms with E-state index in [-0.39, 0.29) is 30.0 Å². The minimum absolute atomic E-state index is 0.111. The lowest BCUT2D eigenvalue weighted by Crippen LogP contribution is -2.51. The van der Waals surface area contributed by atoms with E-state index in [1.165, 1.54) is 0 Å². The first kappa shape index (κ1) is 19.1. The maximum atomic E-state index is 12.7. The minimum atomic E-state index is -0.852. The summed E-state index contributed by atoms with van der Waals surface area (Å²) in [4.78, 5) is 38.8. The van der Waals surface area contributed by atoms with Gasteiger partial charge in [-0.3, -0.25) is 14.4 Å². The number of aromatic amines is 1. The van der Waals surface area contributed by atoms with E-state index < -0.39 is 12.1 Å². The van der Waals surface area contributed by atoms with E-state index in [4.69, 9.17) is 4.74 Å². The second-order valence-electron chi connectivity index (χ2n) is 7.23. The summed E-state index contributed by atoms with van der Waals surface area (Å²) >= 11 is 0. The van der Waals surface area contributed by atoms with Gasteiger partial charge in [0.15, 0.2) is 6.10 Å². The van der Waals surface area contributed by atoms with Crippen LogP contribution in [0.4, 0.5) is 0 Å². The molecule has 1 aromatic heterocycles. The van der Waals surface area contributed by atoms with Gasteiger partial charge >= 0.3 is 5.97 Å². The highest BCUT2D eigenvalue weighted by atomic mass is 16.5. The summed E-state index contributed by atoms with van der Waals surface area (Å²) in [5.41, 5.74) is 0.119. The molecule has 1 amide bonds. The Kier molecular flexibility index (Phi) is 5.58. The summed E-state index contributed by atoms with van der Waals surface area (Å²) in [5.74, 6) is -0.708. The van der Waals surface area contributed by atoms with E-state index in [1.807, 2.05) is 18.7 Å². The SMILES string of the molecule is C[C@@H]1CCC[C@H](C)N1C(=O)[C@@H](C)OC(=O)Cc1n[nH]c(=O)c2ccccc12. The molecule has 7 nitrogen and oxygen atoms in total. The zero-order valence-corrected chi connectivity index (χ0v) is 15.9. The number of rotatable bonds is 4. The second kappa shape index (κ2) is 7.90. The highest BCUT2D eigenvalue weighted by Crippen LogP contribution is 2.24. The van der Waals surface area contributed by atoms with E-state index in [0.29, 0.717) is 16.5 Å². The van der Waals surface area contributed by atoms with E-state index in [2.05, 4.69) is 10.2 Å². The smallest absolute Gasteiger partial charge is 0.312 e. The summed E-state index contributed by atoms with van der Waals surface area (Å²) in [6.45, 7) is 5.66. The maximum Gasteiger partial charge on any atom is 0.312 e. The summed E-state index contributed by atoms with van der Waals surface area (Å²) in [6.07, 6.45) is 2.06. The lowest BCUT2D eigenvalue weighted by atomic mass is 9.97. The van der Waals surface area contributed by atoms with Crippen molar-refractivity contribution in [3.8, 4) is 0 Å². The fourth-order valence-corrected chi connectivity index (χ4v) is 3.80. The van der Waals surface area contributed by atoms with Crippen LogP contribution in [-0.2, 0) is 20.7 Å². The standard InChI is InChI=1S/C20H25N3O4/c1-12-7-6-8-13(2)23(12)20(26)14(3)27-18(24)11-17-15-9-4-5-10-16(15)19(25)22-21-17/h4-5,9-10,12-14H,6-8,11H2,1-3H3,(H,22,25)/t12-,13+,14-/m1/s1. The lowest BCUT2D eigenvalue weighted by Gasteiger charge is -2.40. The van der Waals surface area contributed by atoms with Crippen molar-refractivity contribution in [2.45, 2.75) is 64.6 Å². The van der Waals surface area contributed by atoms with Crippen molar-refractivity contribution in [1.29, 1.82) is 0 Å². The Labute approximate surface area is 157 Å². The van der Waals surface area contributed by atoms with Crippen molar-refractivity contribution in [2.24, 2.45) is 0 Å². The van der Waals surface area contributed by atoms with Crippen molar-refractivity contribution in [3.63, 3.8) is 0 Å². The Morgan fingerprint density at radius 3 is 2.52 bits per heavy atom. The average Bonchev–Trinajstić information content (AvgIpc) is 2.64. The zero-order valence-electron chi connectivity index (χ0n) is 15.9. The van der Waals surface area contributed by atoms with Crippen LogP contribution in [-0.4, -0.2) is 45.2 Å². The molecular weight excluding hydrogens is 346 g/mol. The number of H-pyrrole nitrogens is 1. The Hall–Kier alpha value is -2.70. The maximum absolute atomic E-state index is 12.7. The minimum Gasteiger partial charge on any atom is -0.452 e. The van der Waals surface area contributed by atoms with Gasteiger partial charge in [0.05, 0.1) is 17.5 Å². The molecule has 0 radical (unpaired) electrons. The van der Waals surface area contributed by atoms with E-state index >= 15 is 0 Å². The monoisotopic (exact) mass is 371 g/mol. The zero-order chi connectivity index (χ0) is 19.6. The van der Waals surface area contributed by atoms with Crippen LogP contribution in [0.1, 0.15) is 45.7 Å². The van der Waals surface area contributed by atoms with Crippen LogP contribution >= 0.6 is 0 Å². The summed E-state index contributed by atoms with van der Waals surface area (Å²) in [7, 11) is 0. The van der Waals surface area contributed by atoms with Crippen molar-refractivity contribution < 1.29 is 14.3 Å². The molecular formula is C20H25N3O4. The average molecular weight is 371 g/mol. The fourth-order valence-electron chi connectivity index (χ4n) is 3.80. The number of amides is 1. The number of benzene rings is 1. The third-order valence-corrected chi connectivity index (χ3v) is 5.19.